The summed E-state index contributed by atoms with van der Waals surface area (Å²) >= 11 is 0. The minimum atomic E-state index is -0.635. The molecule has 0 saturated heterocycles. The van der Waals surface area contributed by atoms with Gasteiger partial charge in [0.1, 0.15) is 18.5 Å². The molecule has 23 heavy (non-hydrogen) atoms. The molecule has 1 aromatic rings. The number of benzene rings is 1. The first-order valence-corrected chi connectivity index (χ1v) is 7.89. The fraction of sp³-hybridized carbons (Fsp3) is 0.529. The first kappa shape index (κ1) is 15.8. The van der Waals surface area contributed by atoms with Crippen LogP contribution in [0.5, 0.6) is 5.75 Å². The van der Waals surface area contributed by atoms with Crippen LogP contribution >= 0.6 is 0 Å². The topological polar surface area (TPSA) is 67.4 Å². The fourth-order valence-corrected chi connectivity index (χ4v) is 2.95. The molecular formula is C17H21FN2O3. The van der Waals surface area contributed by atoms with Crippen LogP contribution in [0.4, 0.5) is 4.39 Å². The van der Waals surface area contributed by atoms with E-state index in [1.54, 1.807) is 6.07 Å². The van der Waals surface area contributed by atoms with Gasteiger partial charge in [-0.25, -0.2) is 4.39 Å². The average Bonchev–Trinajstić information content (AvgIpc) is 3.14. The van der Waals surface area contributed by atoms with E-state index in [0.29, 0.717) is 22.8 Å². The second-order valence-electron chi connectivity index (χ2n) is 6.41. The van der Waals surface area contributed by atoms with Crippen molar-refractivity contribution in [1.29, 1.82) is 0 Å². The number of ether oxygens (including phenoxy) is 1. The van der Waals surface area contributed by atoms with Gasteiger partial charge in [-0.3, -0.25) is 9.59 Å². The van der Waals surface area contributed by atoms with Gasteiger partial charge >= 0.3 is 0 Å². The van der Waals surface area contributed by atoms with E-state index in [9.17, 15) is 14.0 Å². The van der Waals surface area contributed by atoms with Gasteiger partial charge in [0.25, 0.3) is 11.8 Å². The Labute approximate surface area is 134 Å². The second kappa shape index (κ2) is 5.83. The van der Waals surface area contributed by atoms with E-state index in [1.165, 1.54) is 13.1 Å². The van der Waals surface area contributed by atoms with Crippen LogP contribution in [0.2, 0.25) is 0 Å². The predicted octanol–water partition coefficient (Wildman–Crippen LogP) is 2.02. The molecule has 0 unspecified atom stereocenters. The zero-order valence-corrected chi connectivity index (χ0v) is 13.5. The molecule has 4 atom stereocenters. The normalized spacial score (nSPS) is 27.8. The Hall–Kier alpha value is -2.11. The van der Waals surface area contributed by atoms with E-state index < -0.39 is 12.8 Å². The van der Waals surface area contributed by atoms with E-state index in [2.05, 4.69) is 17.6 Å². The number of nitrogens with one attached hydrogen (secondary N) is 2. The molecule has 0 aromatic heterocycles. The number of fused-ring (bicyclic) bond motifs is 1. The lowest BCUT2D eigenvalue weighted by atomic mass is 9.94. The monoisotopic (exact) mass is 320 g/mol. The summed E-state index contributed by atoms with van der Waals surface area (Å²) in [5, 5.41) is 5.49. The third-order valence-electron chi connectivity index (χ3n) is 4.75. The molecule has 3 rings (SSSR count). The van der Waals surface area contributed by atoms with Crippen LogP contribution in [-0.2, 0) is 0 Å². The number of hydrogen-bond acceptors (Lipinski definition) is 3. The summed E-state index contributed by atoms with van der Waals surface area (Å²) in [5.41, 5.74) is 1.40. The molecule has 2 N–H and O–H groups in total. The molecule has 6 heteroatoms. The van der Waals surface area contributed by atoms with Gasteiger partial charge in [-0.05, 0) is 24.5 Å². The van der Waals surface area contributed by atoms with Gasteiger partial charge in [-0.15, -0.1) is 0 Å². The maximum atomic E-state index is 13.1. The van der Waals surface area contributed by atoms with Crippen molar-refractivity contribution in [2.24, 2.45) is 5.92 Å². The Balaban J connectivity index is 1.97. The fourth-order valence-electron chi connectivity index (χ4n) is 2.95. The van der Waals surface area contributed by atoms with Gasteiger partial charge in [0, 0.05) is 30.1 Å². The summed E-state index contributed by atoms with van der Waals surface area (Å²) < 4.78 is 18.7. The Bertz CT molecular complexity index is 661. The van der Waals surface area contributed by atoms with Crippen LogP contribution in [0.3, 0.4) is 0 Å². The third kappa shape index (κ3) is 2.78. The molecule has 1 saturated carbocycles. The van der Waals surface area contributed by atoms with Crippen LogP contribution in [0.1, 0.15) is 52.5 Å². The van der Waals surface area contributed by atoms with Crippen LogP contribution in [0, 0.1) is 5.92 Å². The third-order valence-corrected chi connectivity index (χ3v) is 4.75. The lowest BCUT2D eigenvalue weighted by molar-refractivity contribution is 0.0949. The molecule has 1 aliphatic carbocycles. The molecule has 0 radical (unpaired) electrons. The smallest absolute Gasteiger partial charge is 0.254 e. The molecule has 2 amide bonds. The number of halogens is 1. The summed E-state index contributed by atoms with van der Waals surface area (Å²) in [6.07, 6.45) is 0.359. The number of carbonyl (C=O) groups excluding carboxylic acids is 2. The molecule has 5 nitrogen and oxygen atoms in total. The van der Waals surface area contributed by atoms with Crippen molar-refractivity contribution in [1.82, 2.24) is 10.6 Å². The van der Waals surface area contributed by atoms with Crippen LogP contribution in [-0.4, -0.2) is 37.7 Å². The molecule has 0 spiro atoms. The predicted molar refractivity (Wildman–Crippen MR) is 83.7 cm³/mol. The first-order valence-electron chi connectivity index (χ1n) is 7.89. The summed E-state index contributed by atoms with van der Waals surface area (Å²) in [7, 11) is 1.51. The second-order valence-corrected chi connectivity index (χ2v) is 6.41. The van der Waals surface area contributed by atoms with Crippen molar-refractivity contribution in [3.8, 4) is 5.75 Å². The van der Waals surface area contributed by atoms with E-state index in [-0.39, 0.29) is 29.3 Å². The summed E-state index contributed by atoms with van der Waals surface area (Å²) in [6.45, 7) is 3.28. The zero-order valence-electron chi connectivity index (χ0n) is 13.5. The highest BCUT2D eigenvalue weighted by atomic mass is 19.1. The lowest BCUT2D eigenvalue weighted by Gasteiger charge is -2.11. The van der Waals surface area contributed by atoms with Crippen molar-refractivity contribution in [2.75, 3.05) is 13.7 Å². The summed E-state index contributed by atoms with van der Waals surface area (Å²) in [6, 6.07) is 3.43. The van der Waals surface area contributed by atoms with Gasteiger partial charge in [0.05, 0.1) is 5.56 Å². The Morgan fingerprint density at radius 3 is 2.57 bits per heavy atom. The minimum absolute atomic E-state index is 0.200. The number of amides is 2. The van der Waals surface area contributed by atoms with Gasteiger partial charge in [-0.2, -0.15) is 0 Å². The molecule has 1 fully saturated rings. The maximum Gasteiger partial charge on any atom is 0.254 e. The molecule has 1 heterocycles. The average molecular weight is 320 g/mol. The van der Waals surface area contributed by atoms with Crippen molar-refractivity contribution < 1.29 is 18.7 Å². The summed E-state index contributed by atoms with van der Waals surface area (Å²) in [5.74, 6) is 0.123. The number of alkyl halides is 1. The van der Waals surface area contributed by atoms with Gasteiger partial charge in [0.2, 0.25) is 0 Å². The maximum absolute atomic E-state index is 13.1. The van der Waals surface area contributed by atoms with Crippen LogP contribution < -0.4 is 15.4 Å². The highest BCUT2D eigenvalue weighted by Crippen LogP contribution is 2.41. The van der Waals surface area contributed by atoms with Crippen LogP contribution in [0.15, 0.2) is 12.1 Å². The molecular weight excluding hydrogens is 299 g/mol. The lowest BCUT2D eigenvalue weighted by Crippen LogP contribution is -2.27. The van der Waals surface area contributed by atoms with Crippen molar-refractivity contribution in [2.45, 2.75) is 38.3 Å². The molecule has 0 bridgehead atoms. The number of hydrogen-bond donors (Lipinski definition) is 2. The van der Waals surface area contributed by atoms with Crippen molar-refractivity contribution in [3.05, 3.63) is 28.8 Å². The standard InChI is InChI=1S/C17H21FN2O3/c1-8-4-13(8)20-16(21)10-5-11-9(2)14(7-18)23-15(11)12(6-10)17(22)19-3/h5-6,8-9,13-14H,4,7H2,1-3H3,(H,19,22)(H,20,21)/t8-,9-,13-,14+/m0/s1. The van der Waals surface area contributed by atoms with E-state index in [4.69, 9.17) is 4.74 Å². The highest BCUT2D eigenvalue weighted by molar-refractivity contribution is 6.02. The Kier molecular flexibility index (Phi) is 4.00. The van der Waals surface area contributed by atoms with Gasteiger partial charge < -0.3 is 15.4 Å². The van der Waals surface area contributed by atoms with E-state index in [1.807, 2.05) is 6.92 Å². The summed E-state index contributed by atoms with van der Waals surface area (Å²) in [4.78, 5) is 24.5. The minimum Gasteiger partial charge on any atom is -0.486 e. The SMILES string of the molecule is CNC(=O)c1cc(C(=O)N[C@H]2C[C@@H]2C)cc2c1O[C@H](CF)[C@H]2C. The first-order chi connectivity index (χ1) is 11.0. The number of carbonyl (C=O) groups is 2. The zero-order chi connectivity index (χ0) is 16.7. The highest BCUT2D eigenvalue weighted by Gasteiger charge is 2.37. The molecule has 2 aliphatic rings. The van der Waals surface area contributed by atoms with E-state index in [0.717, 1.165) is 6.42 Å². The largest absolute Gasteiger partial charge is 0.486 e. The Morgan fingerprint density at radius 1 is 1.30 bits per heavy atom. The molecule has 124 valence electrons. The quantitative estimate of drug-likeness (QED) is 0.892. The molecule has 1 aromatic carbocycles. The molecule has 1 aliphatic heterocycles. The number of rotatable bonds is 4. The van der Waals surface area contributed by atoms with Gasteiger partial charge in [-0.1, -0.05) is 13.8 Å². The van der Waals surface area contributed by atoms with E-state index >= 15 is 0 Å². The Morgan fingerprint density at radius 2 is 2.00 bits per heavy atom. The van der Waals surface area contributed by atoms with Crippen molar-refractivity contribution in [3.63, 3.8) is 0 Å². The van der Waals surface area contributed by atoms with Crippen molar-refractivity contribution >= 4 is 11.8 Å². The van der Waals surface area contributed by atoms with Crippen LogP contribution in [0.25, 0.3) is 0 Å². The van der Waals surface area contributed by atoms with Gasteiger partial charge in [0.15, 0.2) is 0 Å².